The zero-order valence-corrected chi connectivity index (χ0v) is 20.6. The Labute approximate surface area is 208 Å². The standard InChI is InChI=1S/C27H28N6OS/c1-19-10-4-7-13-23(19)33-25(21-16-29-22-12-6-5-11-20(21)22)31-32-26(33)35-17-24(34)30-27(18-28)14-8-2-3-9-15-27/h4-7,10-13,16,29H,2-3,8-9,14-15,17H2,1H3,(H,30,34). The molecule has 35 heavy (non-hydrogen) atoms. The Morgan fingerprint density at radius 2 is 1.86 bits per heavy atom. The molecule has 8 heteroatoms. The van der Waals surface area contributed by atoms with Gasteiger partial charge in [-0.15, -0.1) is 10.2 Å². The zero-order chi connectivity index (χ0) is 24.3. The second-order valence-corrected chi connectivity index (χ2v) is 10.1. The molecule has 1 amide bonds. The highest BCUT2D eigenvalue weighted by atomic mass is 32.2. The van der Waals surface area contributed by atoms with E-state index in [1.54, 1.807) is 0 Å². The van der Waals surface area contributed by atoms with Crippen LogP contribution in [0, 0.1) is 18.3 Å². The van der Waals surface area contributed by atoms with Gasteiger partial charge in [-0.1, -0.05) is 73.8 Å². The third kappa shape index (κ3) is 4.69. The molecule has 0 bridgehead atoms. The Morgan fingerprint density at radius 3 is 2.63 bits per heavy atom. The fraction of sp³-hybridized carbons (Fsp3) is 0.333. The van der Waals surface area contributed by atoms with Crippen molar-refractivity contribution in [2.24, 2.45) is 0 Å². The number of rotatable bonds is 6. The summed E-state index contributed by atoms with van der Waals surface area (Å²) in [4.78, 5) is 16.3. The molecule has 2 aromatic carbocycles. The van der Waals surface area contributed by atoms with Gasteiger partial charge in [0.25, 0.3) is 0 Å². The van der Waals surface area contributed by atoms with E-state index in [0.29, 0.717) is 18.0 Å². The lowest BCUT2D eigenvalue weighted by Gasteiger charge is -2.26. The number of carbonyl (C=O) groups excluding carboxylic acids is 1. The van der Waals surface area contributed by atoms with Crippen molar-refractivity contribution in [1.29, 1.82) is 5.26 Å². The minimum atomic E-state index is -0.757. The number of nitrogens with zero attached hydrogens (tertiary/aromatic N) is 4. The Morgan fingerprint density at radius 1 is 1.11 bits per heavy atom. The topological polar surface area (TPSA) is 99.4 Å². The van der Waals surface area contributed by atoms with Gasteiger partial charge in [0, 0.05) is 22.7 Å². The molecule has 0 aliphatic heterocycles. The molecule has 1 saturated carbocycles. The molecule has 178 valence electrons. The average molecular weight is 485 g/mol. The lowest BCUT2D eigenvalue weighted by atomic mass is 9.92. The van der Waals surface area contributed by atoms with Crippen LogP contribution in [-0.2, 0) is 4.79 Å². The molecule has 2 N–H and O–H groups in total. The summed E-state index contributed by atoms with van der Waals surface area (Å²) in [6, 6.07) is 18.6. The Hall–Kier alpha value is -3.57. The number of amides is 1. The van der Waals surface area contributed by atoms with Crippen LogP contribution >= 0.6 is 11.8 Å². The first kappa shape index (κ1) is 23.2. The Kier molecular flexibility index (Phi) is 6.60. The molecule has 0 atom stereocenters. The Balaban J connectivity index is 1.45. The lowest BCUT2D eigenvalue weighted by molar-refractivity contribution is -0.120. The fourth-order valence-electron chi connectivity index (χ4n) is 4.86. The van der Waals surface area contributed by atoms with E-state index in [1.807, 2.05) is 47.2 Å². The van der Waals surface area contributed by atoms with Crippen molar-refractivity contribution in [3.63, 3.8) is 0 Å². The second-order valence-electron chi connectivity index (χ2n) is 9.12. The van der Waals surface area contributed by atoms with Crippen molar-refractivity contribution < 1.29 is 4.79 Å². The van der Waals surface area contributed by atoms with E-state index >= 15 is 0 Å². The Bertz CT molecular complexity index is 1390. The molecule has 0 saturated heterocycles. The van der Waals surface area contributed by atoms with Crippen molar-refractivity contribution in [2.75, 3.05) is 5.75 Å². The maximum atomic E-state index is 12.9. The van der Waals surface area contributed by atoms with E-state index in [0.717, 1.165) is 59.2 Å². The van der Waals surface area contributed by atoms with Gasteiger partial charge in [0.2, 0.25) is 5.91 Å². The molecule has 5 rings (SSSR count). The fourth-order valence-corrected chi connectivity index (χ4v) is 5.60. The maximum absolute atomic E-state index is 12.9. The number of thioether (sulfide) groups is 1. The molecule has 2 heterocycles. The second kappa shape index (κ2) is 9.96. The SMILES string of the molecule is Cc1ccccc1-n1c(SCC(=O)NC2(C#N)CCCCCC2)nnc1-c1c[nH]c2ccccc12. The monoisotopic (exact) mass is 484 g/mol. The number of hydrogen-bond donors (Lipinski definition) is 2. The number of hydrogen-bond acceptors (Lipinski definition) is 5. The summed E-state index contributed by atoms with van der Waals surface area (Å²) in [5.41, 5.74) is 3.28. The van der Waals surface area contributed by atoms with Gasteiger partial charge in [-0.25, -0.2) is 0 Å². The van der Waals surface area contributed by atoms with Crippen LogP contribution in [0.1, 0.15) is 44.1 Å². The van der Waals surface area contributed by atoms with Crippen LogP contribution in [0.4, 0.5) is 0 Å². The van der Waals surface area contributed by atoms with Gasteiger partial charge in [-0.3, -0.25) is 9.36 Å². The first-order valence-corrected chi connectivity index (χ1v) is 13.0. The first-order chi connectivity index (χ1) is 17.1. The normalized spacial score (nSPS) is 15.4. The number of para-hydroxylation sites is 2. The summed E-state index contributed by atoms with van der Waals surface area (Å²) in [6.07, 6.45) is 7.54. The van der Waals surface area contributed by atoms with E-state index in [2.05, 4.69) is 45.6 Å². The highest BCUT2D eigenvalue weighted by molar-refractivity contribution is 7.99. The molecule has 1 fully saturated rings. The van der Waals surface area contributed by atoms with Gasteiger partial charge in [-0.2, -0.15) is 5.26 Å². The van der Waals surface area contributed by atoms with Crippen molar-refractivity contribution in [3.05, 3.63) is 60.3 Å². The minimum absolute atomic E-state index is 0.147. The molecule has 2 aromatic heterocycles. The lowest BCUT2D eigenvalue weighted by Crippen LogP contribution is -2.47. The van der Waals surface area contributed by atoms with Crippen LogP contribution in [-0.4, -0.2) is 36.9 Å². The summed E-state index contributed by atoms with van der Waals surface area (Å²) in [5.74, 6) is 0.741. The van der Waals surface area contributed by atoms with Gasteiger partial charge in [0.05, 0.1) is 17.5 Å². The quantitative estimate of drug-likeness (QED) is 0.276. The number of carbonyl (C=O) groups is 1. The smallest absolute Gasteiger partial charge is 0.231 e. The van der Waals surface area contributed by atoms with Crippen molar-refractivity contribution in [3.8, 4) is 23.1 Å². The zero-order valence-electron chi connectivity index (χ0n) is 19.8. The van der Waals surface area contributed by atoms with Crippen molar-refractivity contribution >= 4 is 28.6 Å². The first-order valence-electron chi connectivity index (χ1n) is 12.0. The number of fused-ring (bicyclic) bond motifs is 1. The van der Waals surface area contributed by atoms with Gasteiger partial charge in [0.15, 0.2) is 11.0 Å². The maximum Gasteiger partial charge on any atom is 0.231 e. The molecule has 1 aliphatic carbocycles. The number of aromatic amines is 1. The van der Waals surface area contributed by atoms with E-state index < -0.39 is 5.54 Å². The summed E-state index contributed by atoms with van der Waals surface area (Å²) >= 11 is 1.34. The number of benzene rings is 2. The van der Waals surface area contributed by atoms with E-state index in [9.17, 15) is 10.1 Å². The van der Waals surface area contributed by atoms with Crippen LogP contribution in [0.25, 0.3) is 28.0 Å². The van der Waals surface area contributed by atoms with Crippen molar-refractivity contribution in [1.82, 2.24) is 25.1 Å². The molecule has 0 radical (unpaired) electrons. The number of nitriles is 1. The van der Waals surface area contributed by atoms with Crippen LogP contribution < -0.4 is 5.32 Å². The predicted octanol–water partition coefficient (Wildman–Crippen LogP) is 5.55. The summed E-state index contributed by atoms with van der Waals surface area (Å²) in [7, 11) is 0. The van der Waals surface area contributed by atoms with Crippen molar-refractivity contribution in [2.45, 2.75) is 56.1 Å². The predicted molar refractivity (Wildman–Crippen MR) is 138 cm³/mol. The average Bonchev–Trinajstić information content (AvgIpc) is 3.41. The van der Waals surface area contributed by atoms with Crippen LogP contribution in [0.15, 0.2) is 59.9 Å². The molecule has 1 aliphatic rings. The summed E-state index contributed by atoms with van der Waals surface area (Å²) < 4.78 is 2.02. The van der Waals surface area contributed by atoms with Gasteiger partial charge in [-0.05, 0) is 37.5 Å². The van der Waals surface area contributed by atoms with E-state index in [1.165, 1.54) is 11.8 Å². The van der Waals surface area contributed by atoms with Crippen LogP contribution in [0.2, 0.25) is 0 Å². The van der Waals surface area contributed by atoms with Crippen LogP contribution in [0.3, 0.4) is 0 Å². The highest BCUT2D eigenvalue weighted by Gasteiger charge is 2.32. The molecule has 7 nitrogen and oxygen atoms in total. The number of nitrogens with one attached hydrogen (secondary N) is 2. The number of H-pyrrole nitrogens is 1. The number of aryl methyl sites for hydroxylation is 1. The van der Waals surface area contributed by atoms with Gasteiger partial charge in [0.1, 0.15) is 5.54 Å². The minimum Gasteiger partial charge on any atom is -0.360 e. The largest absolute Gasteiger partial charge is 0.360 e. The molecule has 4 aromatic rings. The summed E-state index contributed by atoms with van der Waals surface area (Å²) in [5, 5.41) is 23.6. The van der Waals surface area contributed by atoms with E-state index in [-0.39, 0.29) is 11.7 Å². The van der Waals surface area contributed by atoms with Crippen LogP contribution in [0.5, 0.6) is 0 Å². The molecular formula is C27H28N6OS. The molecule has 0 spiro atoms. The number of aromatic nitrogens is 4. The molecular weight excluding hydrogens is 456 g/mol. The van der Waals surface area contributed by atoms with Gasteiger partial charge >= 0.3 is 0 Å². The third-order valence-corrected chi connectivity index (χ3v) is 7.63. The highest BCUT2D eigenvalue weighted by Crippen LogP contribution is 2.33. The summed E-state index contributed by atoms with van der Waals surface area (Å²) in [6.45, 7) is 2.05. The molecule has 0 unspecified atom stereocenters. The third-order valence-electron chi connectivity index (χ3n) is 6.70. The van der Waals surface area contributed by atoms with E-state index in [4.69, 9.17) is 0 Å². The van der Waals surface area contributed by atoms with Gasteiger partial charge < -0.3 is 10.3 Å².